The van der Waals surface area contributed by atoms with Gasteiger partial charge in [0.05, 0.1) is 0 Å². The molecule has 1 N–H and O–H groups in total. The van der Waals surface area contributed by atoms with Crippen molar-refractivity contribution in [2.75, 3.05) is 24.3 Å². The molecule has 0 amide bonds. The molecule has 1 saturated carbocycles. The lowest BCUT2D eigenvalue weighted by atomic mass is 10.1. The maximum atomic E-state index is 4.72. The number of unbranched alkanes of at least 4 members (excludes halogenated alkanes) is 3. The van der Waals surface area contributed by atoms with Crippen LogP contribution in [-0.2, 0) is 0 Å². The first kappa shape index (κ1) is 14.6. The van der Waals surface area contributed by atoms with Gasteiger partial charge < -0.3 is 5.32 Å². The lowest BCUT2D eigenvalue weighted by Crippen LogP contribution is -2.41. The summed E-state index contributed by atoms with van der Waals surface area (Å²) in [5, 5.41) is 4.86. The van der Waals surface area contributed by atoms with Crippen LogP contribution in [0, 0.1) is 5.92 Å². The Kier molecular flexibility index (Phi) is 6.77. The van der Waals surface area contributed by atoms with Crippen LogP contribution in [0.1, 0.15) is 44.9 Å². The van der Waals surface area contributed by atoms with E-state index in [9.17, 15) is 0 Å². The standard InChI is InChI=1S/C14H26N2S2/c1-17-10-5-3-2-4-9-15-14-16-13-8-6-7-12(13)11-18-14/h12-13H,2-11H2,1H3,(H,15,16). The second-order valence-electron chi connectivity index (χ2n) is 5.35. The van der Waals surface area contributed by atoms with E-state index in [-0.39, 0.29) is 0 Å². The number of nitrogens with one attached hydrogen (secondary N) is 1. The molecule has 2 nitrogen and oxygen atoms in total. The molecule has 1 heterocycles. The SMILES string of the molecule is CSCCCCCCN=C1NC2CCCC2CS1. The molecule has 0 radical (unpaired) electrons. The van der Waals surface area contributed by atoms with Crippen molar-refractivity contribution in [2.24, 2.45) is 10.9 Å². The molecular weight excluding hydrogens is 260 g/mol. The number of aliphatic imine (C=N–C) groups is 1. The third-order valence-electron chi connectivity index (χ3n) is 3.91. The molecule has 2 aliphatic rings. The fourth-order valence-corrected chi connectivity index (χ4v) is 4.48. The predicted octanol–water partition coefficient (Wildman–Crippen LogP) is 3.77. The van der Waals surface area contributed by atoms with Gasteiger partial charge in [-0.15, -0.1) is 0 Å². The Balaban J connectivity index is 1.56. The van der Waals surface area contributed by atoms with Crippen LogP contribution in [0.3, 0.4) is 0 Å². The second kappa shape index (κ2) is 8.36. The van der Waals surface area contributed by atoms with Gasteiger partial charge in [-0.3, -0.25) is 4.99 Å². The quantitative estimate of drug-likeness (QED) is 0.721. The molecule has 2 atom stereocenters. The molecule has 2 rings (SSSR count). The van der Waals surface area contributed by atoms with Crippen molar-refractivity contribution in [2.45, 2.75) is 51.0 Å². The topological polar surface area (TPSA) is 24.4 Å². The fraction of sp³-hybridized carbons (Fsp3) is 0.929. The molecule has 0 bridgehead atoms. The molecular formula is C14H26N2S2. The van der Waals surface area contributed by atoms with Gasteiger partial charge in [-0.2, -0.15) is 11.8 Å². The molecule has 4 heteroatoms. The average molecular weight is 287 g/mol. The molecule has 104 valence electrons. The maximum Gasteiger partial charge on any atom is 0.156 e. The number of rotatable bonds is 7. The Morgan fingerprint density at radius 3 is 3.06 bits per heavy atom. The van der Waals surface area contributed by atoms with Crippen molar-refractivity contribution in [1.29, 1.82) is 0 Å². The van der Waals surface area contributed by atoms with Crippen molar-refractivity contribution >= 4 is 28.7 Å². The van der Waals surface area contributed by atoms with Gasteiger partial charge in [-0.1, -0.05) is 31.0 Å². The maximum absolute atomic E-state index is 4.72. The van der Waals surface area contributed by atoms with Crippen LogP contribution >= 0.6 is 23.5 Å². The lowest BCUT2D eigenvalue weighted by Gasteiger charge is -2.28. The van der Waals surface area contributed by atoms with E-state index in [1.165, 1.54) is 61.6 Å². The number of fused-ring (bicyclic) bond motifs is 1. The summed E-state index contributed by atoms with van der Waals surface area (Å²) in [5.41, 5.74) is 0. The van der Waals surface area contributed by atoms with E-state index in [1.54, 1.807) is 0 Å². The lowest BCUT2D eigenvalue weighted by molar-refractivity contribution is 0.489. The summed E-state index contributed by atoms with van der Waals surface area (Å²) in [6.45, 7) is 1.02. The van der Waals surface area contributed by atoms with E-state index >= 15 is 0 Å². The summed E-state index contributed by atoms with van der Waals surface area (Å²) >= 11 is 3.90. The molecule has 2 fully saturated rings. The second-order valence-corrected chi connectivity index (χ2v) is 7.34. The molecule has 1 aliphatic carbocycles. The van der Waals surface area contributed by atoms with Crippen LogP contribution in [0.15, 0.2) is 4.99 Å². The molecule has 0 aromatic carbocycles. The molecule has 18 heavy (non-hydrogen) atoms. The van der Waals surface area contributed by atoms with Crippen molar-refractivity contribution < 1.29 is 0 Å². The number of hydrogen-bond acceptors (Lipinski definition) is 3. The Bertz CT molecular complexity index is 269. The zero-order chi connectivity index (χ0) is 12.6. The summed E-state index contributed by atoms with van der Waals surface area (Å²) in [4.78, 5) is 4.72. The molecule has 0 aromatic heterocycles. The third-order valence-corrected chi connectivity index (χ3v) is 5.73. The Labute approximate surface area is 120 Å². The summed E-state index contributed by atoms with van der Waals surface area (Å²) in [5.74, 6) is 3.53. The predicted molar refractivity (Wildman–Crippen MR) is 85.9 cm³/mol. The molecule has 1 saturated heterocycles. The van der Waals surface area contributed by atoms with Gasteiger partial charge in [0, 0.05) is 18.3 Å². The van der Waals surface area contributed by atoms with Crippen molar-refractivity contribution in [1.82, 2.24) is 5.32 Å². The van der Waals surface area contributed by atoms with E-state index in [1.807, 2.05) is 23.5 Å². The van der Waals surface area contributed by atoms with Crippen LogP contribution in [0.4, 0.5) is 0 Å². The van der Waals surface area contributed by atoms with Crippen molar-refractivity contribution in [3.63, 3.8) is 0 Å². The Morgan fingerprint density at radius 1 is 1.28 bits per heavy atom. The summed E-state index contributed by atoms with van der Waals surface area (Å²) in [7, 11) is 0. The minimum atomic E-state index is 0.742. The van der Waals surface area contributed by atoms with E-state index in [4.69, 9.17) is 4.99 Å². The van der Waals surface area contributed by atoms with Gasteiger partial charge in [-0.25, -0.2) is 0 Å². The highest BCUT2D eigenvalue weighted by Crippen LogP contribution is 2.32. The minimum absolute atomic E-state index is 0.742. The smallest absolute Gasteiger partial charge is 0.156 e. The monoisotopic (exact) mass is 286 g/mol. The van der Waals surface area contributed by atoms with E-state index < -0.39 is 0 Å². The van der Waals surface area contributed by atoms with Gasteiger partial charge in [0.25, 0.3) is 0 Å². The fourth-order valence-electron chi connectivity index (χ4n) is 2.80. The average Bonchev–Trinajstić information content (AvgIpc) is 2.85. The van der Waals surface area contributed by atoms with Crippen molar-refractivity contribution in [3.8, 4) is 0 Å². The Hall–Kier alpha value is 0.170. The molecule has 2 unspecified atom stereocenters. The number of nitrogens with zero attached hydrogens (tertiary/aromatic N) is 1. The highest BCUT2D eigenvalue weighted by Gasteiger charge is 2.31. The van der Waals surface area contributed by atoms with Gasteiger partial charge in [-0.05, 0) is 43.6 Å². The minimum Gasteiger partial charge on any atom is -0.362 e. The summed E-state index contributed by atoms with van der Waals surface area (Å²) in [6.07, 6.45) is 11.7. The van der Waals surface area contributed by atoms with E-state index in [0.29, 0.717) is 0 Å². The first-order valence-corrected chi connectivity index (χ1v) is 9.71. The van der Waals surface area contributed by atoms with Gasteiger partial charge in [0.1, 0.15) is 0 Å². The Morgan fingerprint density at radius 2 is 2.17 bits per heavy atom. The number of amidine groups is 1. The zero-order valence-corrected chi connectivity index (χ0v) is 13.1. The first-order chi connectivity index (χ1) is 8.90. The number of thioether (sulfide) groups is 2. The van der Waals surface area contributed by atoms with Crippen LogP contribution < -0.4 is 5.32 Å². The normalized spacial score (nSPS) is 29.3. The van der Waals surface area contributed by atoms with Crippen LogP contribution in [0.2, 0.25) is 0 Å². The van der Waals surface area contributed by atoms with Crippen molar-refractivity contribution in [3.05, 3.63) is 0 Å². The van der Waals surface area contributed by atoms with Crippen LogP contribution in [0.5, 0.6) is 0 Å². The molecule has 1 aliphatic heterocycles. The summed E-state index contributed by atoms with van der Waals surface area (Å²) in [6, 6.07) is 0.742. The van der Waals surface area contributed by atoms with Crippen LogP contribution in [0.25, 0.3) is 0 Å². The third kappa shape index (κ3) is 4.69. The summed E-state index contributed by atoms with van der Waals surface area (Å²) < 4.78 is 0. The van der Waals surface area contributed by atoms with Gasteiger partial charge in [0.15, 0.2) is 5.17 Å². The van der Waals surface area contributed by atoms with E-state index in [0.717, 1.165) is 18.5 Å². The first-order valence-electron chi connectivity index (χ1n) is 7.33. The van der Waals surface area contributed by atoms with Crippen LogP contribution in [-0.4, -0.2) is 35.5 Å². The van der Waals surface area contributed by atoms with E-state index in [2.05, 4.69) is 11.6 Å². The molecule has 0 aromatic rings. The highest BCUT2D eigenvalue weighted by atomic mass is 32.2. The van der Waals surface area contributed by atoms with Gasteiger partial charge >= 0.3 is 0 Å². The highest BCUT2D eigenvalue weighted by molar-refractivity contribution is 8.13. The zero-order valence-electron chi connectivity index (χ0n) is 11.5. The largest absolute Gasteiger partial charge is 0.362 e. The molecule has 0 spiro atoms. The van der Waals surface area contributed by atoms with Gasteiger partial charge in [0.2, 0.25) is 0 Å². The number of hydrogen-bond donors (Lipinski definition) is 1.